The monoisotopic (exact) mass is 284 g/mol. The standard InChI is InChI=1S/C18H24N2O/c1-3-18(20-4-2)16-7-9-17(10-8-16)21-13-11-15-6-5-12-19-14-15/h5-10,12,14,18,20H,3-4,11,13H2,1-2H3. The summed E-state index contributed by atoms with van der Waals surface area (Å²) in [6, 6.07) is 12.9. The van der Waals surface area contributed by atoms with Gasteiger partial charge in [0, 0.05) is 24.9 Å². The number of aromatic nitrogens is 1. The summed E-state index contributed by atoms with van der Waals surface area (Å²) in [5.41, 5.74) is 2.52. The lowest BCUT2D eigenvalue weighted by molar-refractivity contribution is 0.321. The molecule has 0 aliphatic rings. The molecule has 0 spiro atoms. The molecule has 0 aliphatic carbocycles. The summed E-state index contributed by atoms with van der Waals surface area (Å²) in [7, 11) is 0. The van der Waals surface area contributed by atoms with E-state index in [0.29, 0.717) is 12.6 Å². The normalized spacial score (nSPS) is 12.1. The molecule has 0 saturated heterocycles. The van der Waals surface area contributed by atoms with Gasteiger partial charge >= 0.3 is 0 Å². The minimum atomic E-state index is 0.430. The van der Waals surface area contributed by atoms with Crippen molar-refractivity contribution in [3.05, 3.63) is 59.9 Å². The van der Waals surface area contributed by atoms with Crippen LogP contribution in [-0.4, -0.2) is 18.1 Å². The molecule has 0 saturated carbocycles. The number of hydrogen-bond acceptors (Lipinski definition) is 3. The van der Waals surface area contributed by atoms with Gasteiger partial charge in [-0.15, -0.1) is 0 Å². The second kappa shape index (κ2) is 8.42. The third kappa shape index (κ3) is 4.87. The number of nitrogens with one attached hydrogen (secondary N) is 1. The summed E-state index contributed by atoms with van der Waals surface area (Å²) in [5, 5.41) is 3.48. The fourth-order valence-corrected chi connectivity index (χ4v) is 2.37. The topological polar surface area (TPSA) is 34.1 Å². The predicted molar refractivity (Wildman–Crippen MR) is 86.6 cm³/mol. The molecular weight excluding hydrogens is 260 g/mol. The highest BCUT2D eigenvalue weighted by Crippen LogP contribution is 2.20. The number of nitrogens with zero attached hydrogens (tertiary/aromatic N) is 1. The smallest absolute Gasteiger partial charge is 0.119 e. The first-order valence-electron chi connectivity index (χ1n) is 7.68. The highest BCUT2D eigenvalue weighted by molar-refractivity contribution is 5.29. The largest absolute Gasteiger partial charge is 0.493 e. The average Bonchev–Trinajstić information content (AvgIpc) is 2.54. The van der Waals surface area contributed by atoms with Crippen molar-refractivity contribution in [1.29, 1.82) is 0 Å². The average molecular weight is 284 g/mol. The molecule has 0 radical (unpaired) electrons. The van der Waals surface area contributed by atoms with Crippen molar-refractivity contribution in [2.75, 3.05) is 13.2 Å². The van der Waals surface area contributed by atoms with E-state index < -0.39 is 0 Å². The van der Waals surface area contributed by atoms with Crippen LogP contribution < -0.4 is 10.1 Å². The Bertz CT molecular complexity index is 511. The predicted octanol–water partition coefficient (Wildman–Crippen LogP) is 3.76. The van der Waals surface area contributed by atoms with Crippen LogP contribution in [0.25, 0.3) is 0 Å². The molecule has 1 N–H and O–H groups in total. The van der Waals surface area contributed by atoms with Crippen LogP contribution in [0, 0.1) is 0 Å². The second-order valence-corrected chi connectivity index (χ2v) is 5.05. The maximum atomic E-state index is 5.79. The van der Waals surface area contributed by atoms with Crippen LogP contribution in [0.1, 0.15) is 37.4 Å². The Balaban J connectivity index is 1.84. The van der Waals surface area contributed by atoms with Crippen molar-refractivity contribution in [3.8, 4) is 5.75 Å². The third-order valence-electron chi connectivity index (χ3n) is 3.52. The quantitative estimate of drug-likeness (QED) is 0.801. The van der Waals surface area contributed by atoms with Crippen LogP contribution in [0.4, 0.5) is 0 Å². The summed E-state index contributed by atoms with van der Waals surface area (Å²) in [5.74, 6) is 0.925. The van der Waals surface area contributed by atoms with Gasteiger partial charge in [0.2, 0.25) is 0 Å². The van der Waals surface area contributed by atoms with Crippen LogP contribution in [0.2, 0.25) is 0 Å². The van der Waals surface area contributed by atoms with Gasteiger partial charge < -0.3 is 10.1 Å². The van der Waals surface area contributed by atoms with Crippen molar-refractivity contribution < 1.29 is 4.74 Å². The fraction of sp³-hybridized carbons (Fsp3) is 0.389. The first-order valence-corrected chi connectivity index (χ1v) is 7.68. The fourth-order valence-electron chi connectivity index (χ4n) is 2.37. The molecule has 0 aliphatic heterocycles. The van der Waals surface area contributed by atoms with Crippen LogP contribution in [-0.2, 0) is 6.42 Å². The highest BCUT2D eigenvalue weighted by Gasteiger charge is 2.07. The molecule has 2 aromatic rings. The van der Waals surface area contributed by atoms with Crippen molar-refractivity contribution >= 4 is 0 Å². The molecule has 2 rings (SSSR count). The van der Waals surface area contributed by atoms with Crippen molar-refractivity contribution in [1.82, 2.24) is 10.3 Å². The van der Waals surface area contributed by atoms with Crippen LogP contribution in [0.15, 0.2) is 48.8 Å². The molecule has 1 aromatic carbocycles. The van der Waals surface area contributed by atoms with E-state index in [0.717, 1.165) is 25.1 Å². The number of ether oxygens (including phenoxy) is 1. The zero-order chi connectivity index (χ0) is 14.9. The first kappa shape index (κ1) is 15.5. The van der Waals surface area contributed by atoms with Crippen molar-refractivity contribution in [2.45, 2.75) is 32.7 Å². The number of rotatable bonds is 8. The van der Waals surface area contributed by atoms with Gasteiger partial charge in [0.25, 0.3) is 0 Å². The molecule has 1 heterocycles. The lowest BCUT2D eigenvalue weighted by atomic mass is 10.0. The molecule has 0 bridgehead atoms. The van der Waals surface area contributed by atoms with E-state index in [9.17, 15) is 0 Å². The number of benzene rings is 1. The summed E-state index contributed by atoms with van der Waals surface area (Å²) in [6.45, 7) is 6.00. The van der Waals surface area contributed by atoms with Crippen LogP contribution >= 0.6 is 0 Å². The summed E-state index contributed by atoms with van der Waals surface area (Å²) < 4.78 is 5.79. The molecular formula is C18H24N2O. The maximum Gasteiger partial charge on any atom is 0.119 e. The Morgan fingerprint density at radius 2 is 1.95 bits per heavy atom. The van der Waals surface area contributed by atoms with Crippen molar-refractivity contribution in [3.63, 3.8) is 0 Å². The Morgan fingerprint density at radius 3 is 2.57 bits per heavy atom. The summed E-state index contributed by atoms with van der Waals surface area (Å²) in [4.78, 5) is 4.11. The molecule has 0 fully saturated rings. The first-order chi connectivity index (χ1) is 10.3. The zero-order valence-corrected chi connectivity index (χ0v) is 12.9. The van der Waals surface area contributed by atoms with Gasteiger partial charge in [0.15, 0.2) is 0 Å². The molecule has 1 atom stereocenters. The minimum Gasteiger partial charge on any atom is -0.493 e. The van der Waals surface area contributed by atoms with Gasteiger partial charge in [-0.05, 0) is 42.3 Å². The lowest BCUT2D eigenvalue weighted by Gasteiger charge is -2.16. The molecule has 1 aromatic heterocycles. The van der Waals surface area contributed by atoms with E-state index in [-0.39, 0.29) is 0 Å². The van der Waals surface area contributed by atoms with Crippen molar-refractivity contribution in [2.24, 2.45) is 0 Å². The Morgan fingerprint density at radius 1 is 1.14 bits per heavy atom. The van der Waals surface area contributed by atoms with Gasteiger partial charge in [0.1, 0.15) is 5.75 Å². The summed E-state index contributed by atoms with van der Waals surface area (Å²) >= 11 is 0. The minimum absolute atomic E-state index is 0.430. The van der Waals surface area contributed by atoms with Gasteiger partial charge in [-0.1, -0.05) is 32.0 Å². The van der Waals surface area contributed by atoms with E-state index in [2.05, 4.69) is 54.5 Å². The molecule has 3 nitrogen and oxygen atoms in total. The number of hydrogen-bond donors (Lipinski definition) is 1. The molecule has 1 unspecified atom stereocenters. The SMILES string of the molecule is CCNC(CC)c1ccc(OCCc2cccnc2)cc1. The number of pyridine rings is 1. The van der Waals surface area contributed by atoms with Crippen LogP contribution in [0.3, 0.4) is 0 Å². The molecule has 3 heteroatoms. The Labute approximate surface area is 127 Å². The van der Waals surface area contributed by atoms with Gasteiger partial charge in [0.05, 0.1) is 6.61 Å². The molecule has 21 heavy (non-hydrogen) atoms. The Hall–Kier alpha value is -1.87. The Kier molecular flexibility index (Phi) is 6.22. The maximum absolute atomic E-state index is 5.79. The lowest BCUT2D eigenvalue weighted by Crippen LogP contribution is -2.19. The van der Waals surface area contributed by atoms with E-state index >= 15 is 0 Å². The van der Waals surface area contributed by atoms with E-state index in [1.165, 1.54) is 11.1 Å². The highest BCUT2D eigenvalue weighted by atomic mass is 16.5. The van der Waals surface area contributed by atoms with Gasteiger partial charge in [-0.3, -0.25) is 4.98 Å². The zero-order valence-electron chi connectivity index (χ0n) is 12.9. The molecule has 112 valence electrons. The van der Waals surface area contributed by atoms with Gasteiger partial charge in [-0.2, -0.15) is 0 Å². The van der Waals surface area contributed by atoms with Crippen LogP contribution in [0.5, 0.6) is 5.75 Å². The van der Waals surface area contributed by atoms with E-state index in [4.69, 9.17) is 4.74 Å². The summed E-state index contributed by atoms with van der Waals surface area (Å²) in [6.07, 6.45) is 5.64. The molecule has 0 amide bonds. The van der Waals surface area contributed by atoms with Gasteiger partial charge in [-0.25, -0.2) is 0 Å². The third-order valence-corrected chi connectivity index (χ3v) is 3.52. The second-order valence-electron chi connectivity index (χ2n) is 5.05. The van der Waals surface area contributed by atoms with E-state index in [1.54, 1.807) is 6.20 Å². The van der Waals surface area contributed by atoms with E-state index in [1.807, 2.05) is 12.3 Å².